The minimum absolute atomic E-state index is 0. The summed E-state index contributed by atoms with van der Waals surface area (Å²) >= 11 is 0. The SMILES string of the molecule is Cl.O=C1CC2CCNCC2=C2C=CC=CC12. The maximum Gasteiger partial charge on any atom is 0.144 e. The number of ketones is 1. The van der Waals surface area contributed by atoms with E-state index in [4.69, 9.17) is 0 Å². The van der Waals surface area contributed by atoms with Gasteiger partial charge in [0.25, 0.3) is 0 Å². The second-order valence-electron chi connectivity index (χ2n) is 4.54. The van der Waals surface area contributed by atoms with E-state index in [9.17, 15) is 4.79 Å². The standard InChI is InChI=1S/C13H15NO.ClH/c15-13-7-9-5-6-14-8-12(9)10-3-1-2-4-11(10)13;/h1-4,9,11,14H,5-8H2;1H. The zero-order valence-electron chi connectivity index (χ0n) is 9.11. The summed E-state index contributed by atoms with van der Waals surface area (Å²) in [6.45, 7) is 2.03. The van der Waals surface area contributed by atoms with Crippen LogP contribution in [0.5, 0.6) is 0 Å². The Hall–Kier alpha value is -0.860. The quantitative estimate of drug-likeness (QED) is 0.699. The average Bonchev–Trinajstić information content (AvgIpc) is 2.30. The van der Waals surface area contributed by atoms with Crippen LogP contribution in [0.1, 0.15) is 12.8 Å². The molecule has 0 aromatic heterocycles. The number of rotatable bonds is 0. The number of halogens is 1. The molecule has 3 rings (SSSR count). The van der Waals surface area contributed by atoms with Crippen LogP contribution in [0.25, 0.3) is 0 Å². The van der Waals surface area contributed by atoms with Gasteiger partial charge in [-0.25, -0.2) is 0 Å². The molecule has 1 heterocycles. The molecule has 0 aromatic rings. The van der Waals surface area contributed by atoms with E-state index in [1.807, 2.05) is 18.2 Å². The highest BCUT2D eigenvalue weighted by Crippen LogP contribution is 2.37. The predicted octanol–water partition coefficient (Wildman–Crippen LogP) is 2.03. The lowest BCUT2D eigenvalue weighted by Gasteiger charge is -2.35. The van der Waals surface area contributed by atoms with Gasteiger partial charge in [-0.2, -0.15) is 0 Å². The van der Waals surface area contributed by atoms with Crippen molar-refractivity contribution in [2.24, 2.45) is 11.8 Å². The molecule has 0 amide bonds. The molecule has 3 heteroatoms. The third-order valence-corrected chi connectivity index (χ3v) is 3.67. The van der Waals surface area contributed by atoms with Crippen LogP contribution in [0, 0.1) is 11.8 Å². The van der Waals surface area contributed by atoms with Gasteiger partial charge in [-0.1, -0.05) is 24.3 Å². The zero-order chi connectivity index (χ0) is 10.3. The maximum atomic E-state index is 11.9. The molecule has 0 aromatic carbocycles. The number of carbonyl (C=O) groups is 1. The molecule has 2 atom stereocenters. The lowest BCUT2D eigenvalue weighted by atomic mass is 9.72. The summed E-state index contributed by atoms with van der Waals surface area (Å²) in [5, 5.41) is 3.40. The van der Waals surface area contributed by atoms with Crippen molar-refractivity contribution in [1.82, 2.24) is 5.32 Å². The van der Waals surface area contributed by atoms with E-state index in [1.165, 1.54) is 11.1 Å². The van der Waals surface area contributed by atoms with Gasteiger partial charge in [0.05, 0.1) is 5.92 Å². The van der Waals surface area contributed by atoms with Crippen LogP contribution in [-0.2, 0) is 4.79 Å². The Balaban J connectivity index is 0.000000963. The van der Waals surface area contributed by atoms with Crippen molar-refractivity contribution >= 4 is 18.2 Å². The number of allylic oxidation sites excluding steroid dienone is 5. The Bertz CT molecular complexity index is 395. The second kappa shape index (κ2) is 4.56. The molecule has 86 valence electrons. The van der Waals surface area contributed by atoms with Crippen molar-refractivity contribution < 1.29 is 4.79 Å². The largest absolute Gasteiger partial charge is 0.313 e. The Kier molecular flexibility index (Phi) is 3.31. The van der Waals surface area contributed by atoms with E-state index in [-0.39, 0.29) is 18.3 Å². The van der Waals surface area contributed by atoms with Gasteiger partial charge in [-0.05, 0) is 30.0 Å². The molecule has 0 saturated carbocycles. The van der Waals surface area contributed by atoms with Crippen molar-refractivity contribution in [3.8, 4) is 0 Å². The van der Waals surface area contributed by atoms with E-state index in [2.05, 4.69) is 11.4 Å². The van der Waals surface area contributed by atoms with E-state index in [1.54, 1.807) is 0 Å². The third kappa shape index (κ3) is 1.76. The molecule has 0 radical (unpaired) electrons. The number of Topliss-reactive ketones (excluding diaryl/α,β-unsaturated/α-hetero) is 1. The monoisotopic (exact) mass is 237 g/mol. The van der Waals surface area contributed by atoms with Crippen LogP contribution < -0.4 is 5.32 Å². The van der Waals surface area contributed by atoms with Crippen LogP contribution in [-0.4, -0.2) is 18.9 Å². The van der Waals surface area contributed by atoms with Gasteiger partial charge in [0.2, 0.25) is 0 Å². The lowest BCUT2D eigenvalue weighted by molar-refractivity contribution is -0.121. The fraction of sp³-hybridized carbons (Fsp3) is 0.462. The molecule has 1 fully saturated rings. The van der Waals surface area contributed by atoms with Crippen LogP contribution >= 0.6 is 12.4 Å². The first-order chi connectivity index (χ1) is 7.36. The highest BCUT2D eigenvalue weighted by Gasteiger charge is 2.34. The molecule has 2 nitrogen and oxygen atoms in total. The first kappa shape index (κ1) is 11.6. The van der Waals surface area contributed by atoms with Gasteiger partial charge in [0.15, 0.2) is 0 Å². The van der Waals surface area contributed by atoms with Crippen molar-refractivity contribution in [3.63, 3.8) is 0 Å². The molecule has 2 unspecified atom stereocenters. The van der Waals surface area contributed by atoms with E-state index < -0.39 is 0 Å². The van der Waals surface area contributed by atoms with Gasteiger partial charge in [0.1, 0.15) is 5.78 Å². The fourth-order valence-corrected chi connectivity index (χ4v) is 2.88. The van der Waals surface area contributed by atoms with Crippen molar-refractivity contribution in [2.45, 2.75) is 12.8 Å². The van der Waals surface area contributed by atoms with Crippen molar-refractivity contribution in [2.75, 3.05) is 13.1 Å². The van der Waals surface area contributed by atoms with E-state index >= 15 is 0 Å². The summed E-state index contributed by atoms with van der Waals surface area (Å²) in [7, 11) is 0. The zero-order valence-corrected chi connectivity index (χ0v) is 9.93. The van der Waals surface area contributed by atoms with Crippen LogP contribution in [0.3, 0.4) is 0 Å². The van der Waals surface area contributed by atoms with Gasteiger partial charge in [-0.3, -0.25) is 4.79 Å². The minimum atomic E-state index is 0. The Morgan fingerprint density at radius 2 is 2.19 bits per heavy atom. The molecule has 16 heavy (non-hydrogen) atoms. The molecule has 1 N–H and O–H groups in total. The molecule has 0 bridgehead atoms. The fourth-order valence-electron chi connectivity index (χ4n) is 2.88. The van der Waals surface area contributed by atoms with Gasteiger partial charge in [-0.15, -0.1) is 12.4 Å². The number of fused-ring (bicyclic) bond motifs is 2. The molecule has 2 aliphatic carbocycles. The first-order valence-electron chi connectivity index (χ1n) is 5.67. The highest BCUT2D eigenvalue weighted by atomic mass is 35.5. The van der Waals surface area contributed by atoms with Crippen LogP contribution in [0.15, 0.2) is 35.5 Å². The predicted molar refractivity (Wildman–Crippen MR) is 66.6 cm³/mol. The molecular formula is C13H16ClNO. The Labute approximate surface area is 102 Å². The molecule has 3 aliphatic rings. The number of piperidine rings is 1. The first-order valence-corrected chi connectivity index (χ1v) is 5.67. The smallest absolute Gasteiger partial charge is 0.144 e. The average molecular weight is 238 g/mol. The summed E-state index contributed by atoms with van der Waals surface area (Å²) in [6.07, 6.45) is 10.1. The number of hydrogen-bond donors (Lipinski definition) is 1. The summed E-state index contributed by atoms with van der Waals surface area (Å²) < 4.78 is 0. The third-order valence-electron chi connectivity index (χ3n) is 3.67. The van der Waals surface area contributed by atoms with E-state index in [0.717, 1.165) is 25.9 Å². The topological polar surface area (TPSA) is 29.1 Å². The summed E-state index contributed by atoms with van der Waals surface area (Å²) in [5.41, 5.74) is 2.75. The molecule has 0 spiro atoms. The van der Waals surface area contributed by atoms with Crippen molar-refractivity contribution in [3.05, 3.63) is 35.5 Å². The number of nitrogens with one attached hydrogen (secondary N) is 1. The maximum absolute atomic E-state index is 11.9. The highest BCUT2D eigenvalue weighted by molar-refractivity contribution is 5.89. The second-order valence-corrected chi connectivity index (χ2v) is 4.54. The van der Waals surface area contributed by atoms with E-state index in [0.29, 0.717) is 11.7 Å². The Morgan fingerprint density at radius 3 is 3.06 bits per heavy atom. The van der Waals surface area contributed by atoms with Gasteiger partial charge >= 0.3 is 0 Å². The van der Waals surface area contributed by atoms with Crippen LogP contribution in [0.2, 0.25) is 0 Å². The molecular weight excluding hydrogens is 222 g/mol. The summed E-state index contributed by atoms with van der Waals surface area (Å²) in [5.74, 6) is 0.976. The molecule has 1 saturated heterocycles. The molecule has 1 aliphatic heterocycles. The summed E-state index contributed by atoms with van der Waals surface area (Å²) in [6, 6.07) is 0. The normalized spacial score (nSPS) is 31.9. The minimum Gasteiger partial charge on any atom is -0.313 e. The number of carbonyl (C=O) groups excluding carboxylic acids is 1. The summed E-state index contributed by atoms with van der Waals surface area (Å²) in [4.78, 5) is 11.9. The van der Waals surface area contributed by atoms with Crippen molar-refractivity contribution in [1.29, 1.82) is 0 Å². The lowest BCUT2D eigenvalue weighted by Crippen LogP contribution is -2.37. The van der Waals surface area contributed by atoms with Gasteiger partial charge in [0, 0.05) is 13.0 Å². The Morgan fingerprint density at radius 1 is 1.31 bits per heavy atom. The number of hydrogen-bond acceptors (Lipinski definition) is 2. The van der Waals surface area contributed by atoms with Crippen LogP contribution in [0.4, 0.5) is 0 Å². The van der Waals surface area contributed by atoms with Gasteiger partial charge < -0.3 is 5.32 Å².